The Morgan fingerprint density at radius 2 is 1.39 bits per heavy atom. The normalized spacial score (nSPS) is 52.2. The molecule has 0 radical (unpaired) electrons. The summed E-state index contributed by atoms with van der Waals surface area (Å²) in [5, 5.41) is 85.4. The molecular weight excluding hydrogens is 857 g/mol. The summed E-state index contributed by atoms with van der Waals surface area (Å²) in [6.45, 7) is 19.8. The highest BCUT2D eigenvalue weighted by atomic mass is 16.8. The van der Waals surface area contributed by atoms with Gasteiger partial charge in [-0.1, -0.05) is 67.0 Å². The summed E-state index contributed by atoms with van der Waals surface area (Å²) in [5.41, 5.74) is 0.621. The van der Waals surface area contributed by atoms with Gasteiger partial charge in [0.15, 0.2) is 18.9 Å². The first-order valence-corrected chi connectivity index (χ1v) is 25.0. The molecule has 3 saturated heterocycles. The van der Waals surface area contributed by atoms with Crippen LogP contribution in [0.3, 0.4) is 0 Å². The first kappa shape index (κ1) is 51.0. The molecule has 0 aromatic rings. The van der Waals surface area contributed by atoms with Crippen molar-refractivity contribution in [1.82, 2.24) is 0 Å². The van der Waals surface area contributed by atoms with Crippen molar-refractivity contribution in [1.29, 1.82) is 0 Å². The molecule has 3 heterocycles. The molecule has 3 aliphatic heterocycles. The average Bonchev–Trinajstić information content (AvgIpc) is 3.26. The van der Waals surface area contributed by atoms with Crippen molar-refractivity contribution in [3.8, 4) is 0 Å². The SMILES string of the molecule is CCCOC(=O)[C@]12CCC(C)(C)C[C@H]1C1=CC[C@@H]3[C@@]4(C)CC[C@H](O[C@@H]5OC[C@H](O[C@@H]6O[C@H](CO)[C@@H](O)[C@H](O)[C@H]6O)[C@H](O)[C@H]5O[C@@H]5O[C@@H](C)[C@H](O)[C@@H](O)[C@H]5O)C(C)(C)[C@@H]4CC[C@@]3(C)[C@]1(C)CC2. The van der Waals surface area contributed by atoms with Gasteiger partial charge in [-0.3, -0.25) is 4.79 Å². The number of carbonyl (C=O) groups is 1. The number of fused-ring (bicyclic) bond motifs is 7. The van der Waals surface area contributed by atoms with Gasteiger partial charge in [0.2, 0.25) is 0 Å². The number of allylic oxidation sites excluding steroid dienone is 2. The molecule has 0 amide bonds. The highest BCUT2D eigenvalue weighted by Crippen LogP contribution is 2.76. The molecule has 0 spiro atoms. The predicted octanol–water partition coefficient (Wildman–Crippen LogP) is 3.24. The predicted molar refractivity (Wildman–Crippen MR) is 237 cm³/mol. The van der Waals surface area contributed by atoms with Crippen LogP contribution in [0.1, 0.15) is 133 Å². The van der Waals surface area contributed by atoms with Gasteiger partial charge in [0, 0.05) is 0 Å². The van der Waals surface area contributed by atoms with Gasteiger partial charge in [0.1, 0.15) is 61.0 Å². The molecule has 66 heavy (non-hydrogen) atoms. The van der Waals surface area contributed by atoms with E-state index in [0.717, 1.165) is 64.2 Å². The van der Waals surface area contributed by atoms with Crippen LogP contribution in [0.4, 0.5) is 0 Å². The molecule has 8 rings (SSSR count). The van der Waals surface area contributed by atoms with Gasteiger partial charge in [-0.15, -0.1) is 0 Å². The number of hydrogen-bond acceptors (Lipinski definition) is 16. The van der Waals surface area contributed by atoms with Crippen LogP contribution in [-0.4, -0.2) is 159 Å². The fourth-order valence-electron chi connectivity index (χ4n) is 15.1. The summed E-state index contributed by atoms with van der Waals surface area (Å²) in [4.78, 5) is 14.1. The van der Waals surface area contributed by atoms with Gasteiger partial charge in [0.25, 0.3) is 0 Å². The minimum Gasteiger partial charge on any atom is -0.465 e. The summed E-state index contributed by atoms with van der Waals surface area (Å²) in [6.07, 6.45) is -8.36. The van der Waals surface area contributed by atoms with Gasteiger partial charge < -0.3 is 74.0 Å². The molecule has 16 heteroatoms. The van der Waals surface area contributed by atoms with E-state index in [1.165, 1.54) is 12.5 Å². The summed E-state index contributed by atoms with van der Waals surface area (Å²) in [5.74, 6) is 0.792. The lowest BCUT2D eigenvalue weighted by Crippen LogP contribution is -2.66. The lowest BCUT2D eigenvalue weighted by atomic mass is 9.33. The Kier molecular flexibility index (Phi) is 14.2. The van der Waals surface area contributed by atoms with E-state index in [2.05, 4.69) is 61.5 Å². The zero-order chi connectivity index (χ0) is 48.1. The first-order valence-electron chi connectivity index (χ1n) is 25.0. The van der Waals surface area contributed by atoms with Crippen molar-refractivity contribution >= 4 is 5.97 Å². The van der Waals surface area contributed by atoms with Crippen molar-refractivity contribution in [3.63, 3.8) is 0 Å². The molecular formula is C50H82O16. The molecule has 16 nitrogen and oxygen atoms in total. The lowest BCUT2D eigenvalue weighted by Gasteiger charge is -2.71. The summed E-state index contributed by atoms with van der Waals surface area (Å²) in [7, 11) is 0. The van der Waals surface area contributed by atoms with E-state index in [-0.39, 0.29) is 52.2 Å². The van der Waals surface area contributed by atoms with E-state index in [1.54, 1.807) is 0 Å². The first-order chi connectivity index (χ1) is 30.9. The molecule has 0 unspecified atom stereocenters. The molecule has 8 aliphatic rings. The maximum atomic E-state index is 14.1. The van der Waals surface area contributed by atoms with E-state index >= 15 is 0 Å². The maximum absolute atomic E-state index is 14.1. The van der Waals surface area contributed by atoms with Crippen molar-refractivity contribution in [2.75, 3.05) is 19.8 Å². The van der Waals surface area contributed by atoms with Crippen molar-refractivity contribution in [3.05, 3.63) is 11.6 Å². The molecule has 0 bridgehead atoms. The minimum absolute atomic E-state index is 0.00293. The Morgan fingerprint density at radius 1 is 0.727 bits per heavy atom. The smallest absolute Gasteiger partial charge is 0.312 e. The van der Waals surface area contributed by atoms with Crippen LogP contribution < -0.4 is 0 Å². The zero-order valence-electron chi connectivity index (χ0n) is 40.7. The number of aliphatic hydroxyl groups excluding tert-OH is 8. The Labute approximate surface area is 390 Å². The van der Waals surface area contributed by atoms with E-state index in [4.69, 9.17) is 33.2 Å². The van der Waals surface area contributed by atoms with Gasteiger partial charge >= 0.3 is 5.97 Å². The number of carbonyl (C=O) groups excluding carboxylic acids is 1. The quantitative estimate of drug-likeness (QED) is 0.0891. The molecule has 378 valence electrons. The fourth-order valence-corrected chi connectivity index (χ4v) is 15.1. The molecule has 8 N–H and O–H groups in total. The highest BCUT2D eigenvalue weighted by Gasteiger charge is 2.70. The second-order valence-electron chi connectivity index (χ2n) is 23.8. The monoisotopic (exact) mass is 939 g/mol. The van der Waals surface area contributed by atoms with Gasteiger partial charge in [-0.2, -0.15) is 0 Å². The topological polar surface area (TPSA) is 244 Å². The summed E-state index contributed by atoms with van der Waals surface area (Å²) < 4.78 is 42.9. The standard InChI is InChI=1S/C50H82O16/c1-10-21-60-44(59)50-19-17-45(3,4)22-27(50)26-11-12-31-47(7)15-14-32(46(5,6)30(47)13-16-49(31,9)48(26,8)18-20-50)65-43-40(66-41-38(57)36(55)33(52)25(2)62-41)35(54)29(24-61-43)64-42-39(58)37(56)34(53)28(23-51)63-42/h11,25,27-43,51-58H,10,12-24H2,1-9H3/t25-,27-,28+,29-,30-,31+,32-,33-,34+,35-,36+,37-,38+,39+,40+,41-,42-,43-,47-,48+,49+,50-/m0/s1. The maximum Gasteiger partial charge on any atom is 0.312 e. The number of aliphatic hydroxyl groups is 8. The largest absolute Gasteiger partial charge is 0.465 e. The Bertz CT molecular complexity index is 1770. The number of rotatable bonds is 10. The minimum atomic E-state index is -1.74. The fraction of sp³-hybridized carbons (Fsp3) is 0.940. The zero-order valence-corrected chi connectivity index (χ0v) is 40.7. The van der Waals surface area contributed by atoms with Crippen LogP contribution in [0.25, 0.3) is 0 Å². The lowest BCUT2D eigenvalue weighted by molar-refractivity contribution is -0.380. The van der Waals surface area contributed by atoms with Crippen molar-refractivity contribution in [2.45, 2.75) is 225 Å². The van der Waals surface area contributed by atoms with Crippen LogP contribution >= 0.6 is 0 Å². The van der Waals surface area contributed by atoms with Gasteiger partial charge in [-0.05, 0) is 122 Å². The Balaban J connectivity index is 1.04. The molecule has 0 aromatic carbocycles. The molecule has 0 aromatic heterocycles. The Morgan fingerprint density at radius 3 is 2.08 bits per heavy atom. The van der Waals surface area contributed by atoms with Crippen LogP contribution in [0.5, 0.6) is 0 Å². The second-order valence-corrected chi connectivity index (χ2v) is 23.8. The van der Waals surface area contributed by atoms with Crippen molar-refractivity contribution in [2.24, 2.45) is 50.2 Å². The number of esters is 1. The van der Waals surface area contributed by atoms with E-state index in [9.17, 15) is 45.6 Å². The third-order valence-electron chi connectivity index (χ3n) is 19.4. The molecule has 22 atom stereocenters. The third-order valence-corrected chi connectivity index (χ3v) is 19.4. The molecule has 5 aliphatic carbocycles. The van der Waals surface area contributed by atoms with E-state index < -0.39 is 103 Å². The number of ether oxygens (including phenoxy) is 7. The van der Waals surface area contributed by atoms with Crippen molar-refractivity contribution < 1.29 is 78.8 Å². The molecule has 4 saturated carbocycles. The van der Waals surface area contributed by atoms with Crippen LogP contribution in [0.15, 0.2) is 11.6 Å². The van der Waals surface area contributed by atoms with Crippen LogP contribution in [-0.2, 0) is 38.0 Å². The summed E-state index contributed by atoms with van der Waals surface area (Å²) in [6, 6.07) is 0. The van der Waals surface area contributed by atoms with Crippen LogP contribution in [0.2, 0.25) is 0 Å². The summed E-state index contributed by atoms with van der Waals surface area (Å²) >= 11 is 0. The Hall–Kier alpha value is -1.35. The highest BCUT2D eigenvalue weighted by molar-refractivity contribution is 5.78. The van der Waals surface area contributed by atoms with Gasteiger partial charge in [-0.25, -0.2) is 0 Å². The van der Waals surface area contributed by atoms with Crippen LogP contribution in [0, 0.1) is 50.2 Å². The number of hydrogen-bond donors (Lipinski definition) is 8. The third kappa shape index (κ3) is 8.18. The van der Waals surface area contributed by atoms with Gasteiger partial charge in [0.05, 0.1) is 37.4 Å². The van der Waals surface area contributed by atoms with E-state index in [0.29, 0.717) is 18.9 Å². The van der Waals surface area contributed by atoms with E-state index in [1.807, 2.05) is 0 Å². The second kappa shape index (κ2) is 18.4. The average molecular weight is 939 g/mol. The molecule has 7 fully saturated rings.